The van der Waals surface area contributed by atoms with Crippen molar-refractivity contribution in [2.45, 2.75) is 0 Å². The van der Waals surface area contributed by atoms with Crippen molar-refractivity contribution in [3.63, 3.8) is 0 Å². The predicted octanol–water partition coefficient (Wildman–Crippen LogP) is 2.11. The molecular weight excluding hydrogens is 190 g/mol. The summed E-state index contributed by atoms with van der Waals surface area (Å²) in [6.45, 7) is 0. The van der Waals surface area contributed by atoms with Gasteiger partial charge in [0.2, 0.25) is 6.08 Å². The molecule has 2 aromatic rings. The van der Waals surface area contributed by atoms with Crippen LogP contribution >= 0.6 is 0 Å². The Labute approximate surface area is 86.3 Å². The third-order valence-electron chi connectivity index (χ3n) is 1.94. The van der Waals surface area contributed by atoms with Gasteiger partial charge in [-0.25, -0.2) is 14.8 Å². The summed E-state index contributed by atoms with van der Waals surface area (Å²) < 4.78 is 0. The number of hydrogen-bond acceptors (Lipinski definition) is 4. The van der Waals surface area contributed by atoms with E-state index in [1.807, 2.05) is 18.2 Å². The van der Waals surface area contributed by atoms with Crippen LogP contribution in [0.3, 0.4) is 0 Å². The van der Waals surface area contributed by atoms with Crippen LogP contribution in [-0.4, -0.2) is 16.0 Å². The number of para-hydroxylation sites is 1. The van der Waals surface area contributed by atoms with Crippen molar-refractivity contribution in [3.8, 4) is 11.1 Å². The maximum Gasteiger partial charge on any atom is 0.240 e. The van der Waals surface area contributed by atoms with Crippen LogP contribution in [0, 0.1) is 0 Å². The zero-order valence-electron chi connectivity index (χ0n) is 7.79. The molecule has 15 heavy (non-hydrogen) atoms. The molecule has 0 aliphatic carbocycles. The fourth-order valence-electron chi connectivity index (χ4n) is 1.30. The minimum absolute atomic E-state index is 0.572. The van der Waals surface area contributed by atoms with Gasteiger partial charge in [0.25, 0.3) is 0 Å². The topological polar surface area (TPSA) is 55.2 Å². The van der Waals surface area contributed by atoms with Crippen LogP contribution in [0.2, 0.25) is 0 Å². The maximum absolute atomic E-state index is 10.2. The number of nitrogens with zero attached hydrogens (tertiary/aromatic N) is 3. The molecule has 0 aliphatic rings. The summed E-state index contributed by atoms with van der Waals surface area (Å²) in [5.74, 6) is 0. The monoisotopic (exact) mass is 197 g/mol. The summed E-state index contributed by atoms with van der Waals surface area (Å²) >= 11 is 0. The van der Waals surface area contributed by atoms with Gasteiger partial charge in [0.05, 0.1) is 5.69 Å². The van der Waals surface area contributed by atoms with Crippen LogP contribution in [0.1, 0.15) is 0 Å². The highest BCUT2D eigenvalue weighted by Crippen LogP contribution is 2.28. The van der Waals surface area contributed by atoms with Crippen molar-refractivity contribution in [1.29, 1.82) is 0 Å². The summed E-state index contributed by atoms with van der Waals surface area (Å²) in [6.07, 6.45) is 6.33. The van der Waals surface area contributed by atoms with Crippen molar-refractivity contribution in [2.75, 3.05) is 0 Å². The Morgan fingerprint density at radius 3 is 2.60 bits per heavy atom. The fraction of sp³-hybridized carbons (Fsp3) is 0. The van der Waals surface area contributed by atoms with Gasteiger partial charge < -0.3 is 0 Å². The Hall–Kier alpha value is -2.32. The number of aliphatic imine (C=N–C) groups is 1. The molecule has 4 heteroatoms. The van der Waals surface area contributed by atoms with Crippen molar-refractivity contribution in [1.82, 2.24) is 9.97 Å². The van der Waals surface area contributed by atoms with E-state index in [0.717, 1.165) is 11.1 Å². The Kier molecular flexibility index (Phi) is 2.63. The minimum Gasteiger partial charge on any atom is -0.244 e. The smallest absolute Gasteiger partial charge is 0.240 e. The molecule has 0 saturated carbocycles. The summed E-state index contributed by atoms with van der Waals surface area (Å²) in [6, 6.07) is 7.28. The summed E-state index contributed by atoms with van der Waals surface area (Å²) in [4.78, 5) is 21.7. The summed E-state index contributed by atoms with van der Waals surface area (Å²) in [7, 11) is 0. The zero-order valence-corrected chi connectivity index (χ0v) is 7.79. The number of hydrogen-bond donors (Lipinski definition) is 0. The highest BCUT2D eigenvalue weighted by atomic mass is 16.1. The lowest BCUT2D eigenvalue weighted by Gasteiger charge is -2.02. The van der Waals surface area contributed by atoms with Gasteiger partial charge in [-0.05, 0) is 6.07 Å². The average Bonchev–Trinajstić information content (AvgIpc) is 2.31. The van der Waals surface area contributed by atoms with E-state index in [1.54, 1.807) is 18.5 Å². The van der Waals surface area contributed by atoms with E-state index in [0.29, 0.717) is 5.69 Å². The number of carbonyl (C=O) groups excluding carboxylic acids is 1. The van der Waals surface area contributed by atoms with Crippen LogP contribution in [-0.2, 0) is 4.79 Å². The van der Waals surface area contributed by atoms with E-state index in [2.05, 4.69) is 15.0 Å². The summed E-state index contributed by atoms with van der Waals surface area (Å²) in [5.41, 5.74) is 2.22. The molecule has 0 radical (unpaired) electrons. The van der Waals surface area contributed by atoms with E-state index in [4.69, 9.17) is 0 Å². The van der Waals surface area contributed by atoms with Crippen LogP contribution in [0.5, 0.6) is 0 Å². The first-order valence-electron chi connectivity index (χ1n) is 4.34. The lowest BCUT2D eigenvalue weighted by molar-refractivity contribution is 0.565. The number of aromatic nitrogens is 2. The first-order valence-corrected chi connectivity index (χ1v) is 4.34. The molecule has 2 rings (SSSR count). The molecule has 0 saturated heterocycles. The molecular formula is C11H7N3O. The molecule has 1 heterocycles. The van der Waals surface area contributed by atoms with Crippen molar-refractivity contribution < 1.29 is 4.79 Å². The number of isocyanates is 1. The Balaban J connectivity index is 2.58. The van der Waals surface area contributed by atoms with E-state index in [-0.39, 0.29) is 0 Å². The quantitative estimate of drug-likeness (QED) is 0.547. The van der Waals surface area contributed by atoms with Gasteiger partial charge in [-0.2, -0.15) is 4.99 Å². The highest BCUT2D eigenvalue weighted by Gasteiger charge is 2.03. The molecule has 1 aromatic carbocycles. The van der Waals surface area contributed by atoms with Gasteiger partial charge in [-0.15, -0.1) is 0 Å². The standard InChI is InChI=1S/C11H7N3O/c15-8-14-11-4-2-1-3-10(11)9-5-12-7-13-6-9/h1-7H. The molecule has 1 aromatic heterocycles. The van der Waals surface area contributed by atoms with Gasteiger partial charge in [0.15, 0.2) is 0 Å². The molecule has 0 spiro atoms. The largest absolute Gasteiger partial charge is 0.244 e. The molecule has 0 fully saturated rings. The van der Waals surface area contributed by atoms with Crippen LogP contribution in [0.4, 0.5) is 5.69 Å². The third-order valence-corrected chi connectivity index (χ3v) is 1.94. The predicted molar refractivity (Wildman–Crippen MR) is 55.2 cm³/mol. The first-order chi connectivity index (χ1) is 7.42. The molecule has 0 N–H and O–H groups in total. The molecule has 0 unspecified atom stereocenters. The van der Waals surface area contributed by atoms with Crippen LogP contribution < -0.4 is 0 Å². The van der Waals surface area contributed by atoms with Gasteiger partial charge in [0.1, 0.15) is 6.33 Å². The van der Waals surface area contributed by atoms with Crippen molar-refractivity contribution in [2.24, 2.45) is 4.99 Å². The molecule has 0 bridgehead atoms. The molecule has 0 aliphatic heterocycles. The molecule has 4 nitrogen and oxygen atoms in total. The average molecular weight is 197 g/mol. The fourth-order valence-corrected chi connectivity index (χ4v) is 1.30. The van der Waals surface area contributed by atoms with Crippen molar-refractivity contribution in [3.05, 3.63) is 43.0 Å². The minimum atomic E-state index is 0.572. The Morgan fingerprint density at radius 2 is 1.87 bits per heavy atom. The SMILES string of the molecule is O=C=Nc1ccccc1-c1cncnc1. The molecule has 0 amide bonds. The zero-order chi connectivity index (χ0) is 10.5. The van der Waals surface area contributed by atoms with Gasteiger partial charge in [-0.1, -0.05) is 18.2 Å². The van der Waals surface area contributed by atoms with Crippen LogP contribution in [0.25, 0.3) is 11.1 Å². The lowest BCUT2D eigenvalue weighted by Crippen LogP contribution is -1.82. The van der Waals surface area contributed by atoms with Gasteiger partial charge >= 0.3 is 0 Å². The second-order valence-corrected chi connectivity index (χ2v) is 2.85. The van der Waals surface area contributed by atoms with E-state index in [1.165, 1.54) is 12.4 Å². The first kappa shape index (κ1) is 9.24. The maximum atomic E-state index is 10.2. The third kappa shape index (κ3) is 1.95. The Morgan fingerprint density at radius 1 is 1.13 bits per heavy atom. The summed E-state index contributed by atoms with van der Waals surface area (Å²) in [5, 5.41) is 0. The number of rotatable bonds is 2. The highest BCUT2D eigenvalue weighted by molar-refractivity contribution is 5.76. The lowest BCUT2D eigenvalue weighted by atomic mass is 10.1. The van der Waals surface area contributed by atoms with Crippen molar-refractivity contribution >= 4 is 11.8 Å². The van der Waals surface area contributed by atoms with Gasteiger partial charge in [-0.3, -0.25) is 0 Å². The van der Waals surface area contributed by atoms with E-state index < -0.39 is 0 Å². The van der Waals surface area contributed by atoms with E-state index in [9.17, 15) is 4.79 Å². The Bertz CT molecular complexity index is 504. The van der Waals surface area contributed by atoms with E-state index >= 15 is 0 Å². The molecule has 0 atom stereocenters. The second-order valence-electron chi connectivity index (χ2n) is 2.85. The van der Waals surface area contributed by atoms with Crippen LogP contribution in [0.15, 0.2) is 48.0 Å². The second kappa shape index (κ2) is 4.26. The number of benzene rings is 1. The normalized spacial score (nSPS) is 9.33. The van der Waals surface area contributed by atoms with Gasteiger partial charge in [0, 0.05) is 23.5 Å². The molecule has 72 valence electrons.